The molecule has 1 heterocycles. The Morgan fingerprint density at radius 1 is 0.929 bits per heavy atom. The van der Waals surface area contributed by atoms with Gasteiger partial charge in [-0.1, -0.05) is 67.3 Å². The lowest BCUT2D eigenvalue weighted by atomic mass is 9.94. The van der Waals surface area contributed by atoms with Gasteiger partial charge in [-0.05, 0) is 78.6 Å². The molecule has 0 radical (unpaired) electrons. The molecule has 0 amide bonds. The summed E-state index contributed by atoms with van der Waals surface area (Å²) in [5.74, 6) is 0.785. The first-order valence-corrected chi connectivity index (χ1v) is 14.8. The molecule has 4 aromatic carbocycles. The highest BCUT2D eigenvalue weighted by molar-refractivity contribution is 6.30. The Morgan fingerprint density at radius 2 is 1.67 bits per heavy atom. The maximum atomic E-state index is 11.6. The fourth-order valence-corrected chi connectivity index (χ4v) is 6.22. The first-order chi connectivity index (χ1) is 20.5. The second-order valence-corrected chi connectivity index (χ2v) is 11.4. The van der Waals surface area contributed by atoms with Crippen molar-refractivity contribution in [2.45, 2.75) is 51.2 Å². The molecule has 7 heteroatoms. The van der Waals surface area contributed by atoms with Gasteiger partial charge in [0.15, 0.2) is 0 Å². The molecule has 0 spiro atoms. The van der Waals surface area contributed by atoms with Gasteiger partial charge in [0, 0.05) is 35.4 Å². The van der Waals surface area contributed by atoms with E-state index in [0.29, 0.717) is 19.1 Å². The maximum absolute atomic E-state index is 11.6. The maximum Gasteiger partial charge on any atom is 0.335 e. The van der Waals surface area contributed by atoms with E-state index >= 15 is 0 Å². The minimum Gasteiger partial charge on any atom is -0.497 e. The van der Waals surface area contributed by atoms with Crippen LogP contribution in [0.4, 0.5) is 5.69 Å². The van der Waals surface area contributed by atoms with Gasteiger partial charge in [0.1, 0.15) is 11.6 Å². The number of benzene rings is 4. The monoisotopic (exact) mass is 579 g/mol. The standard InChI is InChI=1S/C35H34ClN3O3/c1-42-31-17-15-29(16-18-31)38(23-25-6-5-7-28(36)20-25)22-24-10-12-26(13-11-24)34-37-32-21-27(35(40)41)14-19-33(32)39(34)30-8-3-2-4-9-30/h5-7,10-21,30H,2-4,8-9,22-23H2,1H3,(H,40,41). The van der Waals surface area contributed by atoms with Crippen molar-refractivity contribution in [3.05, 3.63) is 113 Å². The summed E-state index contributed by atoms with van der Waals surface area (Å²) >= 11 is 6.30. The zero-order chi connectivity index (χ0) is 29.1. The highest BCUT2D eigenvalue weighted by Gasteiger charge is 2.23. The molecule has 1 fully saturated rings. The Balaban J connectivity index is 1.32. The largest absolute Gasteiger partial charge is 0.497 e. The van der Waals surface area contributed by atoms with Crippen LogP contribution in [0.3, 0.4) is 0 Å². The lowest BCUT2D eigenvalue weighted by Crippen LogP contribution is -2.22. The number of rotatable bonds is 9. The van der Waals surface area contributed by atoms with Gasteiger partial charge in [0.2, 0.25) is 0 Å². The van der Waals surface area contributed by atoms with Crippen LogP contribution in [0.15, 0.2) is 91.0 Å². The summed E-state index contributed by atoms with van der Waals surface area (Å²) in [6.45, 7) is 1.41. The van der Waals surface area contributed by atoms with E-state index in [4.69, 9.17) is 21.3 Å². The normalized spacial score (nSPS) is 13.8. The molecular formula is C35H34ClN3O3. The molecule has 0 bridgehead atoms. The Morgan fingerprint density at radius 3 is 2.36 bits per heavy atom. The van der Waals surface area contributed by atoms with Gasteiger partial charge in [0.25, 0.3) is 0 Å². The highest BCUT2D eigenvalue weighted by Crippen LogP contribution is 2.36. The van der Waals surface area contributed by atoms with Gasteiger partial charge in [0.05, 0.1) is 23.7 Å². The third kappa shape index (κ3) is 6.00. The van der Waals surface area contributed by atoms with E-state index in [0.717, 1.165) is 57.3 Å². The Bertz CT molecular complexity index is 1690. The fraction of sp³-hybridized carbons (Fsp3) is 0.257. The lowest BCUT2D eigenvalue weighted by Gasteiger charge is -2.26. The Hall–Kier alpha value is -4.29. The summed E-state index contributed by atoms with van der Waals surface area (Å²) in [7, 11) is 1.67. The number of aromatic carboxylic acids is 1. The molecule has 6 nitrogen and oxygen atoms in total. The number of ether oxygens (including phenoxy) is 1. The molecule has 0 aliphatic heterocycles. The number of methoxy groups -OCH3 is 1. The molecule has 0 saturated heterocycles. The van der Waals surface area contributed by atoms with Crippen LogP contribution >= 0.6 is 11.6 Å². The minimum atomic E-state index is -0.936. The Kier molecular flexibility index (Phi) is 8.15. The number of carboxylic acid groups (broad SMARTS) is 1. The Labute approximate surface area is 251 Å². The lowest BCUT2D eigenvalue weighted by molar-refractivity contribution is 0.0697. The summed E-state index contributed by atoms with van der Waals surface area (Å²) in [6, 6.07) is 30.4. The quantitative estimate of drug-likeness (QED) is 0.189. The topological polar surface area (TPSA) is 67.6 Å². The summed E-state index contributed by atoms with van der Waals surface area (Å²) < 4.78 is 7.72. The second-order valence-electron chi connectivity index (χ2n) is 11.0. The number of carboxylic acids is 1. The van der Waals surface area contributed by atoms with Gasteiger partial charge in [-0.3, -0.25) is 0 Å². The molecule has 1 N–H and O–H groups in total. The van der Waals surface area contributed by atoms with E-state index in [1.807, 2.05) is 36.4 Å². The molecule has 1 saturated carbocycles. The van der Waals surface area contributed by atoms with Crippen molar-refractivity contribution in [1.82, 2.24) is 9.55 Å². The molecular weight excluding hydrogens is 546 g/mol. The van der Waals surface area contributed by atoms with Crippen LogP contribution in [0, 0.1) is 0 Å². The number of anilines is 1. The van der Waals surface area contributed by atoms with Gasteiger partial charge >= 0.3 is 5.97 Å². The van der Waals surface area contributed by atoms with Crippen LogP contribution in [-0.4, -0.2) is 27.7 Å². The zero-order valence-corrected chi connectivity index (χ0v) is 24.4. The number of fused-ring (bicyclic) bond motifs is 1. The summed E-state index contributed by atoms with van der Waals surface area (Å²) in [5.41, 5.74) is 6.42. The van der Waals surface area contributed by atoms with Gasteiger partial charge in [-0.15, -0.1) is 0 Å². The summed E-state index contributed by atoms with van der Waals surface area (Å²) in [6.07, 6.45) is 5.87. The van der Waals surface area contributed by atoms with Crippen molar-refractivity contribution < 1.29 is 14.6 Å². The average molecular weight is 580 g/mol. The third-order valence-corrected chi connectivity index (χ3v) is 8.40. The van der Waals surface area contributed by atoms with Crippen molar-refractivity contribution in [1.29, 1.82) is 0 Å². The minimum absolute atomic E-state index is 0.260. The zero-order valence-electron chi connectivity index (χ0n) is 23.7. The van der Waals surface area contributed by atoms with Gasteiger partial charge < -0.3 is 19.3 Å². The van der Waals surface area contributed by atoms with E-state index < -0.39 is 5.97 Å². The first kappa shape index (κ1) is 27.9. The predicted octanol–water partition coefficient (Wildman–Crippen LogP) is 8.78. The number of nitrogens with zero attached hydrogens (tertiary/aromatic N) is 3. The van der Waals surface area contributed by atoms with Crippen molar-refractivity contribution in [3.63, 3.8) is 0 Å². The number of imidazole rings is 1. The van der Waals surface area contributed by atoms with Gasteiger partial charge in [-0.2, -0.15) is 0 Å². The van der Waals surface area contributed by atoms with Crippen LogP contribution in [-0.2, 0) is 13.1 Å². The van der Waals surface area contributed by atoms with Crippen LogP contribution in [0.1, 0.15) is 59.6 Å². The SMILES string of the molecule is COc1ccc(N(Cc2ccc(-c3nc4cc(C(=O)O)ccc4n3C3CCCCC3)cc2)Cc2cccc(Cl)c2)cc1. The number of halogens is 1. The molecule has 1 aliphatic rings. The predicted molar refractivity (Wildman–Crippen MR) is 169 cm³/mol. The van der Waals surface area contributed by atoms with Crippen LogP contribution in [0.5, 0.6) is 5.75 Å². The molecule has 0 unspecified atom stereocenters. The molecule has 42 heavy (non-hydrogen) atoms. The molecule has 5 aromatic rings. The molecule has 214 valence electrons. The second kappa shape index (κ2) is 12.3. The third-order valence-electron chi connectivity index (χ3n) is 8.16. The average Bonchev–Trinajstić information content (AvgIpc) is 3.40. The van der Waals surface area contributed by atoms with E-state index in [9.17, 15) is 9.90 Å². The molecule has 1 aliphatic carbocycles. The van der Waals surface area contributed by atoms with Crippen LogP contribution < -0.4 is 9.64 Å². The molecule has 6 rings (SSSR count). The smallest absolute Gasteiger partial charge is 0.335 e. The van der Waals surface area contributed by atoms with Crippen molar-refractivity contribution in [2.75, 3.05) is 12.0 Å². The number of aromatic nitrogens is 2. The molecule has 1 aromatic heterocycles. The fourth-order valence-electron chi connectivity index (χ4n) is 6.01. The van der Waals surface area contributed by atoms with Crippen molar-refractivity contribution in [2.24, 2.45) is 0 Å². The van der Waals surface area contributed by atoms with Crippen LogP contribution in [0.2, 0.25) is 5.02 Å². The summed E-state index contributed by atoms with van der Waals surface area (Å²) in [4.78, 5) is 19.0. The van der Waals surface area contributed by atoms with E-state index in [-0.39, 0.29) is 5.56 Å². The number of carbonyl (C=O) groups is 1. The first-order valence-electron chi connectivity index (χ1n) is 14.5. The van der Waals surface area contributed by atoms with Crippen LogP contribution in [0.25, 0.3) is 22.4 Å². The van der Waals surface area contributed by atoms with E-state index in [1.54, 1.807) is 19.2 Å². The molecule has 0 atom stereocenters. The summed E-state index contributed by atoms with van der Waals surface area (Å²) in [5, 5.41) is 10.3. The van der Waals surface area contributed by atoms with Crippen molar-refractivity contribution >= 4 is 34.3 Å². The number of hydrogen-bond acceptors (Lipinski definition) is 4. The van der Waals surface area contributed by atoms with Crippen molar-refractivity contribution in [3.8, 4) is 17.1 Å². The number of hydrogen-bond donors (Lipinski definition) is 1. The highest BCUT2D eigenvalue weighted by atomic mass is 35.5. The van der Waals surface area contributed by atoms with Gasteiger partial charge in [-0.25, -0.2) is 9.78 Å². The van der Waals surface area contributed by atoms with E-state index in [2.05, 4.69) is 51.9 Å². The van der Waals surface area contributed by atoms with E-state index in [1.165, 1.54) is 24.8 Å².